The first-order valence-corrected chi connectivity index (χ1v) is 10.3. The van der Waals surface area contributed by atoms with Crippen LogP contribution in [-0.4, -0.2) is 47.3 Å². The molecule has 9 heteroatoms. The number of hydrogen-bond donors (Lipinski definition) is 3. The Morgan fingerprint density at radius 1 is 1.12 bits per heavy atom. The van der Waals surface area contributed by atoms with Gasteiger partial charge in [-0.2, -0.15) is 0 Å². The van der Waals surface area contributed by atoms with Crippen LogP contribution in [-0.2, 0) is 16.4 Å². The third kappa shape index (κ3) is 9.32. The highest BCUT2D eigenvalue weighted by Gasteiger charge is 2.03. The lowest BCUT2D eigenvalue weighted by Crippen LogP contribution is -2.39. The van der Waals surface area contributed by atoms with E-state index in [1.54, 1.807) is 13.1 Å². The molecule has 0 heterocycles. The van der Waals surface area contributed by atoms with Crippen LogP contribution < -0.4 is 15.4 Å². The lowest BCUT2D eigenvalue weighted by atomic mass is 10.1. The van der Waals surface area contributed by atoms with Crippen LogP contribution in [0.25, 0.3) is 0 Å². The quantitative estimate of drug-likeness (QED) is 0.340. The molecule has 0 unspecified atom stereocenters. The van der Waals surface area contributed by atoms with Crippen LogP contribution >= 0.6 is 23.2 Å². The fourth-order valence-electron chi connectivity index (χ4n) is 1.98. The van der Waals surface area contributed by atoms with Crippen LogP contribution in [0.4, 0.5) is 0 Å². The molecule has 24 heavy (non-hydrogen) atoms. The van der Waals surface area contributed by atoms with Gasteiger partial charge in [-0.15, -0.1) is 0 Å². The number of aryl methyl sites for hydroxylation is 1. The van der Waals surface area contributed by atoms with Crippen molar-refractivity contribution < 1.29 is 8.42 Å². The van der Waals surface area contributed by atoms with Gasteiger partial charge in [-0.05, 0) is 37.0 Å². The van der Waals surface area contributed by atoms with Crippen LogP contribution in [0.5, 0.6) is 0 Å². The summed E-state index contributed by atoms with van der Waals surface area (Å²) in [6.07, 6.45) is 3.57. The van der Waals surface area contributed by atoms with Crippen molar-refractivity contribution in [3.63, 3.8) is 0 Å². The largest absolute Gasteiger partial charge is 0.356 e. The average Bonchev–Trinajstić information content (AvgIpc) is 2.49. The smallest absolute Gasteiger partial charge is 0.208 e. The van der Waals surface area contributed by atoms with Crippen molar-refractivity contribution in [1.82, 2.24) is 15.4 Å². The third-order valence-corrected chi connectivity index (χ3v) is 4.48. The van der Waals surface area contributed by atoms with Gasteiger partial charge < -0.3 is 10.6 Å². The number of nitrogens with one attached hydrogen (secondary N) is 3. The Morgan fingerprint density at radius 2 is 1.79 bits per heavy atom. The molecule has 0 atom stereocenters. The fourth-order valence-corrected chi connectivity index (χ4v) is 3.00. The topological polar surface area (TPSA) is 82.6 Å². The van der Waals surface area contributed by atoms with Gasteiger partial charge in [0.05, 0.1) is 6.26 Å². The molecule has 0 fully saturated rings. The Balaban J connectivity index is 2.20. The van der Waals surface area contributed by atoms with E-state index in [0.717, 1.165) is 31.2 Å². The minimum atomic E-state index is -3.12. The first-order chi connectivity index (χ1) is 11.3. The van der Waals surface area contributed by atoms with E-state index in [9.17, 15) is 8.42 Å². The summed E-state index contributed by atoms with van der Waals surface area (Å²) in [5.41, 5.74) is 1.07. The SMILES string of the molecule is CN=C(NCCCNS(C)(=O)=O)NCCCc1ccc(Cl)cc1Cl. The van der Waals surface area contributed by atoms with Gasteiger partial charge in [-0.25, -0.2) is 13.1 Å². The van der Waals surface area contributed by atoms with Gasteiger partial charge in [0.25, 0.3) is 0 Å². The molecule has 0 saturated carbocycles. The minimum Gasteiger partial charge on any atom is -0.356 e. The molecule has 136 valence electrons. The van der Waals surface area contributed by atoms with Crippen molar-refractivity contribution in [2.45, 2.75) is 19.3 Å². The maximum Gasteiger partial charge on any atom is 0.208 e. The maximum absolute atomic E-state index is 10.9. The van der Waals surface area contributed by atoms with Crippen LogP contribution in [0.3, 0.4) is 0 Å². The molecule has 0 bridgehead atoms. The van der Waals surface area contributed by atoms with E-state index >= 15 is 0 Å². The zero-order chi connectivity index (χ0) is 18.0. The number of nitrogens with zero attached hydrogens (tertiary/aromatic N) is 1. The lowest BCUT2D eigenvalue weighted by molar-refractivity contribution is 0.584. The van der Waals surface area contributed by atoms with Gasteiger partial charge in [-0.1, -0.05) is 29.3 Å². The Labute approximate surface area is 154 Å². The molecule has 1 aromatic rings. The molecule has 0 aliphatic rings. The number of hydrogen-bond acceptors (Lipinski definition) is 3. The maximum atomic E-state index is 10.9. The third-order valence-electron chi connectivity index (χ3n) is 3.16. The number of guanidine groups is 1. The molecule has 0 saturated heterocycles. The van der Waals surface area contributed by atoms with E-state index in [2.05, 4.69) is 20.3 Å². The van der Waals surface area contributed by atoms with Crippen molar-refractivity contribution in [2.24, 2.45) is 4.99 Å². The van der Waals surface area contributed by atoms with E-state index < -0.39 is 10.0 Å². The summed E-state index contributed by atoms with van der Waals surface area (Å²) in [7, 11) is -1.43. The fraction of sp³-hybridized carbons (Fsp3) is 0.533. The number of benzene rings is 1. The highest BCUT2D eigenvalue weighted by molar-refractivity contribution is 7.88. The molecule has 6 nitrogen and oxygen atoms in total. The second-order valence-electron chi connectivity index (χ2n) is 5.29. The molecule has 1 aromatic carbocycles. The zero-order valence-electron chi connectivity index (χ0n) is 13.9. The van der Waals surface area contributed by atoms with Gasteiger partial charge >= 0.3 is 0 Å². The summed E-state index contributed by atoms with van der Waals surface area (Å²) in [5.74, 6) is 0.691. The summed E-state index contributed by atoms with van der Waals surface area (Å²) in [5, 5.41) is 7.66. The molecule has 0 radical (unpaired) electrons. The van der Waals surface area contributed by atoms with Crippen LogP contribution in [0.1, 0.15) is 18.4 Å². The predicted molar refractivity (Wildman–Crippen MR) is 102 cm³/mol. The summed E-state index contributed by atoms with van der Waals surface area (Å²) >= 11 is 12.0. The molecule has 3 N–H and O–H groups in total. The Hall–Kier alpha value is -1.02. The van der Waals surface area contributed by atoms with Gasteiger partial charge in [0, 0.05) is 36.7 Å². The highest BCUT2D eigenvalue weighted by Crippen LogP contribution is 2.21. The number of rotatable bonds is 9. The number of halogens is 2. The number of aliphatic imine (C=N–C) groups is 1. The second-order valence-corrected chi connectivity index (χ2v) is 7.96. The van der Waals surface area contributed by atoms with Crippen LogP contribution in [0.15, 0.2) is 23.2 Å². The van der Waals surface area contributed by atoms with Gasteiger partial charge in [0.2, 0.25) is 10.0 Å². The van der Waals surface area contributed by atoms with E-state index in [-0.39, 0.29) is 0 Å². The van der Waals surface area contributed by atoms with Crippen LogP contribution in [0.2, 0.25) is 10.0 Å². The molecule has 0 aliphatic heterocycles. The summed E-state index contributed by atoms with van der Waals surface area (Å²) < 4.78 is 24.3. The van der Waals surface area contributed by atoms with Crippen molar-refractivity contribution in [3.8, 4) is 0 Å². The Morgan fingerprint density at radius 3 is 2.38 bits per heavy atom. The van der Waals surface area contributed by atoms with Crippen LogP contribution in [0, 0.1) is 0 Å². The zero-order valence-corrected chi connectivity index (χ0v) is 16.2. The van der Waals surface area contributed by atoms with Gasteiger partial charge in [0.15, 0.2) is 5.96 Å². The standard InChI is InChI=1S/C15H24Cl2N4O2S/c1-18-15(20-9-4-10-21-24(2,22)23)19-8-3-5-12-6-7-13(16)11-14(12)17/h6-7,11,21H,3-5,8-10H2,1-2H3,(H2,18,19,20). The van der Waals surface area contributed by atoms with E-state index in [0.29, 0.717) is 35.5 Å². The average molecular weight is 395 g/mol. The summed E-state index contributed by atoms with van der Waals surface area (Å²) in [6.45, 7) is 1.78. The minimum absolute atomic E-state index is 0.401. The lowest BCUT2D eigenvalue weighted by Gasteiger charge is -2.12. The molecule has 0 spiro atoms. The molecular weight excluding hydrogens is 371 g/mol. The monoisotopic (exact) mass is 394 g/mol. The first kappa shape index (κ1) is 21.0. The van der Waals surface area contributed by atoms with Crippen molar-refractivity contribution in [2.75, 3.05) is 32.9 Å². The highest BCUT2D eigenvalue weighted by atomic mass is 35.5. The Bertz CT molecular complexity index is 651. The van der Waals surface area contributed by atoms with Gasteiger partial charge in [-0.3, -0.25) is 4.99 Å². The predicted octanol–water partition coefficient (Wildman–Crippen LogP) is 2.03. The second kappa shape index (κ2) is 10.8. The van der Waals surface area contributed by atoms with E-state index in [4.69, 9.17) is 23.2 Å². The van der Waals surface area contributed by atoms with Crippen molar-refractivity contribution in [3.05, 3.63) is 33.8 Å². The molecule has 1 rings (SSSR count). The molecule has 0 amide bonds. The van der Waals surface area contributed by atoms with Crippen molar-refractivity contribution in [1.29, 1.82) is 0 Å². The summed E-state index contributed by atoms with van der Waals surface area (Å²) in [6, 6.07) is 5.52. The van der Waals surface area contributed by atoms with E-state index in [1.165, 1.54) is 0 Å². The molecule has 0 aliphatic carbocycles. The number of sulfonamides is 1. The van der Waals surface area contributed by atoms with Crippen molar-refractivity contribution >= 4 is 39.2 Å². The van der Waals surface area contributed by atoms with Gasteiger partial charge in [0.1, 0.15) is 0 Å². The molecule has 0 aromatic heterocycles. The normalized spacial score (nSPS) is 12.2. The Kier molecular flexibility index (Phi) is 9.43. The van der Waals surface area contributed by atoms with E-state index in [1.807, 2.05) is 12.1 Å². The summed E-state index contributed by atoms with van der Waals surface area (Å²) in [4.78, 5) is 4.12. The molecular formula is C15H24Cl2N4O2S. The first-order valence-electron chi connectivity index (χ1n) is 7.65.